The fraction of sp³-hybridized carbons (Fsp3) is 0.333. The van der Waals surface area contributed by atoms with Gasteiger partial charge in [0.1, 0.15) is 6.04 Å². The normalized spacial score (nSPS) is 15.5. The zero-order chi connectivity index (χ0) is 22.3. The van der Waals surface area contributed by atoms with Gasteiger partial charge in [0.25, 0.3) is 11.8 Å². The number of nitrogens with one attached hydrogen (secondary N) is 1. The van der Waals surface area contributed by atoms with Gasteiger partial charge in [0.15, 0.2) is 5.13 Å². The van der Waals surface area contributed by atoms with Crippen LogP contribution in [-0.4, -0.2) is 33.6 Å². The van der Waals surface area contributed by atoms with Crippen LogP contribution in [0.5, 0.6) is 0 Å². The second kappa shape index (κ2) is 8.23. The Morgan fingerprint density at radius 1 is 1.06 bits per heavy atom. The smallest absolute Gasteiger partial charge is 0.262 e. The summed E-state index contributed by atoms with van der Waals surface area (Å²) in [5.74, 6) is -1.09. The number of imide groups is 1. The Morgan fingerprint density at radius 2 is 1.71 bits per heavy atom. The van der Waals surface area contributed by atoms with Crippen molar-refractivity contribution in [2.75, 3.05) is 5.32 Å². The maximum Gasteiger partial charge on any atom is 0.262 e. The standard InChI is InChI=1S/C24H25N3O3S/c1-5-14(4)15-10-11-18-19(12-15)31-24(25-18)26-21(28)20(13(2)3)27-22(29)16-8-6-7-9-17(16)23(27)30/h6-14,20H,5H2,1-4H3,(H,25,26,28). The Kier molecular flexibility index (Phi) is 5.62. The fourth-order valence-corrected chi connectivity index (χ4v) is 4.81. The molecule has 0 spiro atoms. The summed E-state index contributed by atoms with van der Waals surface area (Å²) in [6.45, 7) is 7.98. The van der Waals surface area contributed by atoms with E-state index in [4.69, 9.17) is 0 Å². The van der Waals surface area contributed by atoms with Crippen molar-refractivity contribution in [2.45, 2.75) is 46.1 Å². The molecule has 3 amide bonds. The van der Waals surface area contributed by atoms with Gasteiger partial charge < -0.3 is 5.32 Å². The van der Waals surface area contributed by atoms with Gasteiger partial charge >= 0.3 is 0 Å². The first kappa shape index (κ1) is 21.2. The van der Waals surface area contributed by atoms with Crippen LogP contribution in [0, 0.1) is 5.92 Å². The van der Waals surface area contributed by atoms with E-state index < -0.39 is 23.8 Å². The summed E-state index contributed by atoms with van der Waals surface area (Å²) in [7, 11) is 0. The molecule has 0 fully saturated rings. The van der Waals surface area contributed by atoms with Crippen molar-refractivity contribution < 1.29 is 14.4 Å². The summed E-state index contributed by atoms with van der Waals surface area (Å²) in [5.41, 5.74) is 2.73. The maximum absolute atomic E-state index is 13.2. The molecule has 1 aromatic heterocycles. The van der Waals surface area contributed by atoms with E-state index in [0.717, 1.165) is 21.5 Å². The maximum atomic E-state index is 13.2. The second-order valence-electron chi connectivity index (χ2n) is 8.26. The summed E-state index contributed by atoms with van der Waals surface area (Å²) in [6, 6.07) is 11.9. The van der Waals surface area contributed by atoms with Gasteiger partial charge in [-0.1, -0.05) is 57.2 Å². The van der Waals surface area contributed by atoms with Crippen molar-refractivity contribution in [3.05, 3.63) is 59.2 Å². The monoisotopic (exact) mass is 435 g/mol. The minimum Gasteiger partial charge on any atom is -0.300 e. The largest absolute Gasteiger partial charge is 0.300 e. The van der Waals surface area contributed by atoms with Crippen molar-refractivity contribution in [1.29, 1.82) is 0 Å². The molecule has 2 unspecified atom stereocenters. The molecule has 6 nitrogen and oxygen atoms in total. The van der Waals surface area contributed by atoms with Crippen molar-refractivity contribution in [2.24, 2.45) is 5.92 Å². The number of nitrogens with zero attached hydrogens (tertiary/aromatic N) is 2. The molecular weight excluding hydrogens is 410 g/mol. The number of hydrogen-bond donors (Lipinski definition) is 1. The number of fused-ring (bicyclic) bond motifs is 2. The van der Waals surface area contributed by atoms with Gasteiger partial charge in [0.2, 0.25) is 5.91 Å². The Labute approximate surface area is 185 Å². The van der Waals surface area contributed by atoms with E-state index in [1.54, 1.807) is 24.3 Å². The Hall–Kier alpha value is -3.06. The van der Waals surface area contributed by atoms with Gasteiger partial charge in [-0.05, 0) is 48.1 Å². The molecule has 4 rings (SSSR count). The zero-order valence-corrected chi connectivity index (χ0v) is 18.8. The topological polar surface area (TPSA) is 79.4 Å². The van der Waals surface area contributed by atoms with E-state index >= 15 is 0 Å². The van der Waals surface area contributed by atoms with Crippen LogP contribution >= 0.6 is 11.3 Å². The molecular formula is C24H25N3O3S. The molecule has 0 aliphatic carbocycles. The lowest BCUT2D eigenvalue weighted by molar-refractivity contribution is -0.121. The second-order valence-corrected chi connectivity index (χ2v) is 9.29. The fourth-order valence-electron chi connectivity index (χ4n) is 3.89. The highest BCUT2D eigenvalue weighted by molar-refractivity contribution is 7.22. The molecule has 2 atom stereocenters. The van der Waals surface area contributed by atoms with Gasteiger partial charge in [-0.15, -0.1) is 0 Å². The van der Waals surface area contributed by atoms with Crippen molar-refractivity contribution in [3.63, 3.8) is 0 Å². The van der Waals surface area contributed by atoms with E-state index in [1.807, 2.05) is 19.9 Å². The molecule has 160 valence electrons. The molecule has 1 N–H and O–H groups in total. The molecule has 1 aliphatic rings. The van der Waals surface area contributed by atoms with Crippen LogP contribution in [0.4, 0.5) is 5.13 Å². The molecule has 0 saturated carbocycles. The van der Waals surface area contributed by atoms with Gasteiger partial charge in [-0.3, -0.25) is 19.3 Å². The summed E-state index contributed by atoms with van der Waals surface area (Å²) < 4.78 is 0.995. The van der Waals surface area contributed by atoms with Crippen LogP contribution in [0.1, 0.15) is 66.3 Å². The van der Waals surface area contributed by atoms with Gasteiger partial charge in [0.05, 0.1) is 21.3 Å². The number of aromatic nitrogens is 1. The summed E-state index contributed by atoms with van der Waals surface area (Å²) in [4.78, 5) is 44.6. The minimum atomic E-state index is -0.921. The lowest BCUT2D eigenvalue weighted by atomic mass is 9.99. The predicted molar refractivity (Wildman–Crippen MR) is 123 cm³/mol. The third-order valence-electron chi connectivity index (χ3n) is 5.83. The number of carbonyl (C=O) groups is 3. The average Bonchev–Trinajstić information content (AvgIpc) is 3.26. The number of hydrogen-bond acceptors (Lipinski definition) is 5. The first-order valence-corrected chi connectivity index (χ1v) is 11.3. The van der Waals surface area contributed by atoms with Crippen molar-refractivity contribution >= 4 is 44.4 Å². The number of anilines is 1. The zero-order valence-electron chi connectivity index (χ0n) is 18.0. The van der Waals surface area contributed by atoms with Gasteiger partial charge in [-0.25, -0.2) is 4.98 Å². The van der Waals surface area contributed by atoms with E-state index in [9.17, 15) is 14.4 Å². The van der Waals surface area contributed by atoms with Crippen LogP contribution in [0.2, 0.25) is 0 Å². The predicted octanol–water partition coefficient (Wildman–Crippen LogP) is 5.07. The quantitative estimate of drug-likeness (QED) is 0.548. The number of benzene rings is 2. The SMILES string of the molecule is CCC(C)c1ccc2nc(NC(=O)C(C(C)C)N3C(=O)c4ccccc4C3=O)sc2c1. The number of thiazole rings is 1. The van der Waals surface area contributed by atoms with Crippen LogP contribution in [0.3, 0.4) is 0 Å². The highest BCUT2D eigenvalue weighted by Crippen LogP contribution is 2.31. The number of carbonyl (C=O) groups excluding carboxylic acids is 3. The Bertz CT molecular complexity index is 1150. The highest BCUT2D eigenvalue weighted by atomic mass is 32.1. The first-order chi connectivity index (χ1) is 14.8. The summed E-state index contributed by atoms with van der Waals surface area (Å²) in [6.07, 6.45) is 1.05. The van der Waals surface area contributed by atoms with Crippen molar-refractivity contribution in [3.8, 4) is 0 Å². The third-order valence-corrected chi connectivity index (χ3v) is 6.76. The van der Waals surface area contributed by atoms with Crippen LogP contribution in [-0.2, 0) is 4.79 Å². The van der Waals surface area contributed by atoms with Crippen molar-refractivity contribution in [1.82, 2.24) is 9.88 Å². The van der Waals surface area contributed by atoms with E-state index in [2.05, 4.69) is 36.3 Å². The lowest BCUT2D eigenvalue weighted by Gasteiger charge is -2.27. The lowest BCUT2D eigenvalue weighted by Crippen LogP contribution is -2.50. The molecule has 31 heavy (non-hydrogen) atoms. The molecule has 1 aliphatic heterocycles. The van der Waals surface area contributed by atoms with E-state index in [-0.39, 0.29) is 5.92 Å². The molecule has 2 aromatic carbocycles. The number of amides is 3. The third kappa shape index (κ3) is 3.74. The molecule has 7 heteroatoms. The Morgan fingerprint density at radius 3 is 2.29 bits per heavy atom. The molecule has 0 bridgehead atoms. The Balaban J connectivity index is 1.60. The van der Waals surface area contributed by atoms with Crippen LogP contribution in [0.15, 0.2) is 42.5 Å². The van der Waals surface area contributed by atoms with E-state index in [0.29, 0.717) is 22.2 Å². The highest BCUT2D eigenvalue weighted by Gasteiger charge is 2.44. The van der Waals surface area contributed by atoms with Gasteiger partial charge in [0, 0.05) is 0 Å². The molecule has 2 heterocycles. The first-order valence-electron chi connectivity index (χ1n) is 10.5. The summed E-state index contributed by atoms with van der Waals surface area (Å²) in [5, 5.41) is 3.30. The minimum absolute atomic E-state index is 0.256. The molecule has 0 saturated heterocycles. The molecule has 0 radical (unpaired) electrons. The molecule has 3 aromatic rings. The van der Waals surface area contributed by atoms with Crippen LogP contribution < -0.4 is 5.32 Å². The summed E-state index contributed by atoms with van der Waals surface area (Å²) >= 11 is 1.40. The van der Waals surface area contributed by atoms with E-state index in [1.165, 1.54) is 16.9 Å². The van der Waals surface area contributed by atoms with Gasteiger partial charge in [-0.2, -0.15) is 0 Å². The number of rotatable bonds is 6. The average molecular weight is 436 g/mol. The van der Waals surface area contributed by atoms with Crippen LogP contribution in [0.25, 0.3) is 10.2 Å².